The van der Waals surface area contributed by atoms with Gasteiger partial charge in [-0.15, -0.1) is 0 Å². The third-order valence-corrected chi connectivity index (χ3v) is 5.65. The number of hydrogen-bond donors (Lipinski definition) is 1. The molecule has 0 radical (unpaired) electrons. The molecular formula is C23H22O4S. The van der Waals surface area contributed by atoms with Crippen molar-refractivity contribution in [1.82, 2.24) is 0 Å². The SMILES string of the molecule is O=C(c1ccccc1)c1ccccc1OCC(O)CCS(=O)c1ccccc1. The zero-order valence-electron chi connectivity index (χ0n) is 15.4. The van der Waals surface area contributed by atoms with E-state index >= 15 is 0 Å². The Kier molecular flexibility index (Phi) is 7.12. The molecule has 0 aromatic heterocycles. The van der Waals surface area contributed by atoms with Crippen molar-refractivity contribution in [2.75, 3.05) is 12.4 Å². The molecule has 0 aliphatic rings. The molecule has 0 aliphatic carbocycles. The Bertz CT molecular complexity index is 926. The molecular weight excluding hydrogens is 372 g/mol. The summed E-state index contributed by atoms with van der Waals surface area (Å²) in [5.41, 5.74) is 1.03. The second kappa shape index (κ2) is 9.97. The average Bonchev–Trinajstić information content (AvgIpc) is 2.77. The first-order valence-electron chi connectivity index (χ1n) is 9.08. The summed E-state index contributed by atoms with van der Waals surface area (Å²) in [6.45, 7) is 0.0328. The number of benzene rings is 3. The zero-order valence-corrected chi connectivity index (χ0v) is 16.2. The first kappa shape index (κ1) is 20.0. The quantitative estimate of drug-likeness (QED) is 0.560. The first-order chi connectivity index (χ1) is 13.6. The van der Waals surface area contributed by atoms with E-state index in [4.69, 9.17) is 4.74 Å². The van der Waals surface area contributed by atoms with Gasteiger partial charge < -0.3 is 9.84 Å². The van der Waals surface area contributed by atoms with E-state index in [0.29, 0.717) is 29.1 Å². The maximum Gasteiger partial charge on any atom is 0.196 e. The van der Waals surface area contributed by atoms with Crippen LogP contribution in [0.1, 0.15) is 22.3 Å². The van der Waals surface area contributed by atoms with Crippen LogP contribution in [0.5, 0.6) is 5.75 Å². The third-order valence-electron chi connectivity index (χ3n) is 4.24. The Hall–Kier alpha value is -2.76. The highest BCUT2D eigenvalue weighted by Crippen LogP contribution is 2.22. The van der Waals surface area contributed by atoms with Gasteiger partial charge in [-0.3, -0.25) is 9.00 Å². The van der Waals surface area contributed by atoms with Crippen molar-refractivity contribution in [3.8, 4) is 5.75 Å². The molecule has 5 heteroatoms. The number of carbonyl (C=O) groups excluding carboxylic acids is 1. The maximum absolute atomic E-state index is 12.7. The van der Waals surface area contributed by atoms with Crippen molar-refractivity contribution < 1.29 is 18.8 Å². The molecule has 0 amide bonds. The van der Waals surface area contributed by atoms with E-state index < -0.39 is 16.9 Å². The standard InChI is InChI=1S/C23H22O4S/c24-19(15-16-28(26)20-11-5-2-6-12-20)17-27-22-14-8-7-13-21(22)23(25)18-9-3-1-4-10-18/h1-14,19,24H,15-17H2. The van der Waals surface area contributed by atoms with Crippen molar-refractivity contribution in [3.05, 3.63) is 96.1 Å². The minimum absolute atomic E-state index is 0.0328. The van der Waals surface area contributed by atoms with E-state index in [-0.39, 0.29) is 12.4 Å². The lowest BCUT2D eigenvalue weighted by Gasteiger charge is -2.14. The van der Waals surface area contributed by atoms with Crippen molar-refractivity contribution in [3.63, 3.8) is 0 Å². The van der Waals surface area contributed by atoms with Gasteiger partial charge in [-0.1, -0.05) is 60.7 Å². The molecule has 2 atom stereocenters. The topological polar surface area (TPSA) is 63.6 Å². The molecule has 0 bridgehead atoms. The average molecular weight is 394 g/mol. The molecule has 2 unspecified atom stereocenters. The van der Waals surface area contributed by atoms with Gasteiger partial charge in [0.15, 0.2) is 5.78 Å². The lowest BCUT2D eigenvalue weighted by atomic mass is 10.0. The molecule has 0 saturated carbocycles. The van der Waals surface area contributed by atoms with Crippen LogP contribution >= 0.6 is 0 Å². The van der Waals surface area contributed by atoms with Crippen LogP contribution in [0.25, 0.3) is 0 Å². The van der Waals surface area contributed by atoms with Gasteiger partial charge in [0.2, 0.25) is 0 Å². The van der Waals surface area contributed by atoms with Crippen molar-refractivity contribution in [2.24, 2.45) is 0 Å². The minimum Gasteiger partial charge on any atom is -0.490 e. The van der Waals surface area contributed by atoms with Gasteiger partial charge in [-0.2, -0.15) is 0 Å². The summed E-state index contributed by atoms with van der Waals surface area (Å²) >= 11 is 0. The van der Waals surface area contributed by atoms with Crippen LogP contribution in [-0.2, 0) is 10.8 Å². The summed E-state index contributed by atoms with van der Waals surface area (Å²) in [6, 6.07) is 25.2. The molecule has 0 aliphatic heterocycles. The normalized spacial score (nSPS) is 12.9. The molecule has 1 N–H and O–H groups in total. The summed E-state index contributed by atoms with van der Waals surface area (Å²) in [4.78, 5) is 13.4. The Balaban J connectivity index is 1.57. The summed E-state index contributed by atoms with van der Waals surface area (Å²) < 4.78 is 17.9. The lowest BCUT2D eigenvalue weighted by molar-refractivity contribution is 0.0983. The Morgan fingerprint density at radius 1 is 0.893 bits per heavy atom. The highest BCUT2D eigenvalue weighted by atomic mass is 32.2. The summed E-state index contributed by atoms with van der Waals surface area (Å²) in [5, 5.41) is 10.2. The molecule has 144 valence electrons. The first-order valence-corrected chi connectivity index (χ1v) is 10.4. The fraction of sp³-hybridized carbons (Fsp3) is 0.174. The van der Waals surface area contributed by atoms with Gasteiger partial charge >= 0.3 is 0 Å². The van der Waals surface area contributed by atoms with Crippen molar-refractivity contribution in [1.29, 1.82) is 0 Å². The van der Waals surface area contributed by atoms with Crippen molar-refractivity contribution in [2.45, 2.75) is 17.4 Å². The predicted octanol–water partition coefficient (Wildman–Crippen LogP) is 3.86. The van der Waals surface area contributed by atoms with Crippen LogP contribution in [-0.4, -0.2) is 33.6 Å². The monoisotopic (exact) mass is 394 g/mol. The van der Waals surface area contributed by atoms with E-state index in [1.54, 1.807) is 36.4 Å². The molecule has 3 rings (SSSR count). The van der Waals surface area contributed by atoms with Crippen molar-refractivity contribution >= 4 is 16.6 Å². The van der Waals surface area contributed by atoms with Crippen LogP contribution in [0.4, 0.5) is 0 Å². The number of para-hydroxylation sites is 1. The van der Waals surface area contributed by atoms with Gasteiger partial charge in [0.05, 0.1) is 22.5 Å². The molecule has 0 saturated heterocycles. The largest absolute Gasteiger partial charge is 0.490 e. The molecule has 0 spiro atoms. The fourth-order valence-corrected chi connectivity index (χ4v) is 3.91. The minimum atomic E-state index is -1.16. The molecule has 3 aromatic rings. The van der Waals surface area contributed by atoms with Gasteiger partial charge in [0, 0.05) is 16.2 Å². The molecule has 0 heterocycles. The zero-order chi connectivity index (χ0) is 19.8. The predicted molar refractivity (Wildman–Crippen MR) is 110 cm³/mol. The number of rotatable bonds is 9. The van der Waals surface area contributed by atoms with E-state index in [1.165, 1.54) is 0 Å². The molecule has 3 aromatic carbocycles. The maximum atomic E-state index is 12.7. The molecule has 28 heavy (non-hydrogen) atoms. The van der Waals surface area contributed by atoms with E-state index in [1.807, 2.05) is 48.5 Å². The lowest BCUT2D eigenvalue weighted by Crippen LogP contribution is -2.21. The number of ketones is 1. The van der Waals surface area contributed by atoms with Gasteiger partial charge in [-0.05, 0) is 30.7 Å². The number of ether oxygens (including phenoxy) is 1. The Morgan fingerprint density at radius 3 is 2.21 bits per heavy atom. The van der Waals surface area contributed by atoms with Crippen LogP contribution < -0.4 is 4.74 Å². The Morgan fingerprint density at radius 2 is 1.50 bits per heavy atom. The Labute approximate surface area is 167 Å². The smallest absolute Gasteiger partial charge is 0.196 e. The molecule has 4 nitrogen and oxygen atoms in total. The third kappa shape index (κ3) is 5.38. The summed E-state index contributed by atoms with van der Waals surface area (Å²) in [7, 11) is -1.16. The highest BCUT2D eigenvalue weighted by molar-refractivity contribution is 7.85. The fourth-order valence-electron chi connectivity index (χ4n) is 2.73. The van der Waals surface area contributed by atoms with Crippen LogP contribution in [0.3, 0.4) is 0 Å². The van der Waals surface area contributed by atoms with Gasteiger partial charge in [-0.25, -0.2) is 0 Å². The second-order valence-electron chi connectivity index (χ2n) is 6.31. The number of carbonyl (C=O) groups is 1. The number of aliphatic hydroxyl groups is 1. The number of hydrogen-bond acceptors (Lipinski definition) is 4. The summed E-state index contributed by atoms with van der Waals surface area (Å²) in [6.07, 6.45) is -0.427. The van der Waals surface area contributed by atoms with E-state index in [2.05, 4.69) is 0 Å². The van der Waals surface area contributed by atoms with Gasteiger partial charge in [0.1, 0.15) is 12.4 Å². The van der Waals surface area contributed by atoms with Crippen LogP contribution in [0.15, 0.2) is 89.8 Å². The molecule has 0 fully saturated rings. The van der Waals surface area contributed by atoms with E-state index in [9.17, 15) is 14.1 Å². The number of aliphatic hydroxyl groups excluding tert-OH is 1. The van der Waals surface area contributed by atoms with Crippen LogP contribution in [0, 0.1) is 0 Å². The van der Waals surface area contributed by atoms with Gasteiger partial charge in [0.25, 0.3) is 0 Å². The van der Waals surface area contributed by atoms with Crippen LogP contribution in [0.2, 0.25) is 0 Å². The summed E-state index contributed by atoms with van der Waals surface area (Å²) in [5.74, 6) is 0.648. The van der Waals surface area contributed by atoms with E-state index in [0.717, 1.165) is 4.90 Å². The second-order valence-corrected chi connectivity index (χ2v) is 7.88. The highest BCUT2D eigenvalue weighted by Gasteiger charge is 2.16.